The number of rotatable bonds is 13. The van der Waals surface area contributed by atoms with Gasteiger partial charge in [-0.2, -0.15) is 0 Å². The number of unbranched alkanes of at least 4 members (excludes halogenated alkanes) is 1. The molecule has 156 valence electrons. The number of hydrogen-bond donors (Lipinski definition) is 6. The molecule has 0 aliphatic rings. The lowest BCUT2D eigenvalue weighted by Crippen LogP contribution is -2.56. The molecule has 0 aliphatic heterocycles. The number of carbonyl (C=O) groups is 4. The third-order valence-electron chi connectivity index (χ3n) is 4.27. The summed E-state index contributed by atoms with van der Waals surface area (Å²) in [7, 11) is 0. The molecule has 0 aromatic rings. The highest BCUT2D eigenvalue weighted by Crippen LogP contribution is 2.08. The summed E-state index contributed by atoms with van der Waals surface area (Å²) in [6.07, 6.45) is 2.53. The van der Waals surface area contributed by atoms with Gasteiger partial charge in [0.15, 0.2) is 0 Å². The van der Waals surface area contributed by atoms with Gasteiger partial charge in [0, 0.05) is 0 Å². The number of carboxylic acids is 1. The summed E-state index contributed by atoms with van der Waals surface area (Å²) in [5.41, 5.74) is 11.2. The van der Waals surface area contributed by atoms with E-state index in [1.807, 2.05) is 6.92 Å². The largest absolute Gasteiger partial charge is 0.480 e. The topological polar surface area (TPSA) is 177 Å². The molecule has 10 nitrogen and oxygen atoms in total. The first-order valence-corrected chi connectivity index (χ1v) is 9.19. The monoisotopic (exact) mass is 387 g/mol. The summed E-state index contributed by atoms with van der Waals surface area (Å²) < 4.78 is 0. The Kier molecular flexibility index (Phi) is 12.0. The van der Waals surface area contributed by atoms with Crippen LogP contribution in [0.3, 0.4) is 0 Å². The molecule has 0 saturated carbocycles. The summed E-state index contributed by atoms with van der Waals surface area (Å²) in [6.45, 7) is 5.09. The molecule has 27 heavy (non-hydrogen) atoms. The molecule has 0 spiro atoms. The summed E-state index contributed by atoms with van der Waals surface area (Å²) in [6, 6.07) is -2.53. The predicted molar refractivity (Wildman–Crippen MR) is 101 cm³/mol. The second kappa shape index (κ2) is 13.0. The number of nitrogens with two attached hydrogens (primary N) is 2. The van der Waals surface area contributed by atoms with Crippen LogP contribution in [0.25, 0.3) is 0 Å². The number of carboxylic acid groups (broad SMARTS) is 1. The minimum absolute atomic E-state index is 0.218. The van der Waals surface area contributed by atoms with Crippen molar-refractivity contribution < 1.29 is 24.3 Å². The molecule has 0 heterocycles. The first-order valence-electron chi connectivity index (χ1n) is 9.19. The van der Waals surface area contributed by atoms with Gasteiger partial charge in [0.05, 0.1) is 6.04 Å². The Morgan fingerprint density at radius 2 is 1.63 bits per heavy atom. The quantitative estimate of drug-likeness (QED) is 0.212. The lowest BCUT2D eigenvalue weighted by atomic mass is 9.98. The van der Waals surface area contributed by atoms with Crippen LogP contribution in [0.4, 0.5) is 0 Å². The van der Waals surface area contributed by atoms with Crippen molar-refractivity contribution in [2.24, 2.45) is 17.4 Å². The van der Waals surface area contributed by atoms with E-state index in [2.05, 4.69) is 16.0 Å². The fourth-order valence-corrected chi connectivity index (χ4v) is 2.28. The van der Waals surface area contributed by atoms with E-state index in [1.54, 1.807) is 6.92 Å². The lowest BCUT2D eigenvalue weighted by Gasteiger charge is -2.25. The maximum atomic E-state index is 12.4. The van der Waals surface area contributed by atoms with Crippen LogP contribution in [0.5, 0.6) is 0 Å². The fraction of sp³-hybridized carbons (Fsp3) is 0.765. The van der Waals surface area contributed by atoms with Crippen LogP contribution in [0.1, 0.15) is 46.5 Å². The van der Waals surface area contributed by atoms with Gasteiger partial charge in [-0.3, -0.25) is 19.2 Å². The molecule has 0 bridgehead atoms. The third-order valence-corrected chi connectivity index (χ3v) is 4.27. The second-order valence-corrected chi connectivity index (χ2v) is 6.60. The molecule has 4 atom stereocenters. The Balaban J connectivity index is 4.74. The molecule has 0 rings (SSSR count). The SMILES string of the molecule is CCC(C)C(NC(=O)C(C)NC(=O)C(N)CCCCN)C(=O)NCC(=O)O. The predicted octanol–water partition coefficient (Wildman–Crippen LogP) is -1.32. The average molecular weight is 387 g/mol. The van der Waals surface area contributed by atoms with E-state index in [-0.39, 0.29) is 5.92 Å². The van der Waals surface area contributed by atoms with E-state index in [1.165, 1.54) is 6.92 Å². The number of amides is 3. The lowest BCUT2D eigenvalue weighted by molar-refractivity contribution is -0.139. The summed E-state index contributed by atoms with van der Waals surface area (Å²) in [5, 5.41) is 16.0. The summed E-state index contributed by atoms with van der Waals surface area (Å²) in [5.74, 6) is -2.98. The van der Waals surface area contributed by atoms with Gasteiger partial charge >= 0.3 is 5.97 Å². The van der Waals surface area contributed by atoms with Crippen molar-refractivity contribution >= 4 is 23.7 Å². The summed E-state index contributed by atoms with van der Waals surface area (Å²) >= 11 is 0. The molecule has 0 fully saturated rings. The Morgan fingerprint density at radius 3 is 2.15 bits per heavy atom. The highest BCUT2D eigenvalue weighted by molar-refractivity contribution is 5.93. The van der Waals surface area contributed by atoms with Crippen LogP contribution in [-0.2, 0) is 19.2 Å². The van der Waals surface area contributed by atoms with Gasteiger partial charge in [0.2, 0.25) is 17.7 Å². The van der Waals surface area contributed by atoms with Crippen LogP contribution in [-0.4, -0.2) is 60.0 Å². The minimum Gasteiger partial charge on any atom is -0.480 e. The molecule has 0 aliphatic carbocycles. The highest BCUT2D eigenvalue weighted by atomic mass is 16.4. The maximum Gasteiger partial charge on any atom is 0.322 e. The van der Waals surface area contributed by atoms with Crippen LogP contribution < -0.4 is 27.4 Å². The molecule has 3 amide bonds. The van der Waals surface area contributed by atoms with E-state index >= 15 is 0 Å². The van der Waals surface area contributed by atoms with Crippen LogP contribution in [0, 0.1) is 5.92 Å². The van der Waals surface area contributed by atoms with Gasteiger partial charge < -0.3 is 32.5 Å². The van der Waals surface area contributed by atoms with E-state index < -0.39 is 48.4 Å². The van der Waals surface area contributed by atoms with Crippen molar-refractivity contribution in [3.05, 3.63) is 0 Å². The van der Waals surface area contributed by atoms with Crippen molar-refractivity contribution in [3.8, 4) is 0 Å². The highest BCUT2D eigenvalue weighted by Gasteiger charge is 2.28. The molecule has 0 aromatic heterocycles. The molecule has 8 N–H and O–H groups in total. The Labute approximate surface area is 159 Å². The first kappa shape index (κ1) is 24.8. The van der Waals surface area contributed by atoms with E-state index in [0.717, 1.165) is 6.42 Å². The smallest absolute Gasteiger partial charge is 0.322 e. The molecule has 0 saturated heterocycles. The normalized spacial score (nSPS) is 15.1. The van der Waals surface area contributed by atoms with Crippen LogP contribution in [0.2, 0.25) is 0 Å². The van der Waals surface area contributed by atoms with Crippen LogP contribution >= 0.6 is 0 Å². The van der Waals surface area contributed by atoms with Crippen molar-refractivity contribution in [2.75, 3.05) is 13.1 Å². The second-order valence-electron chi connectivity index (χ2n) is 6.60. The zero-order valence-electron chi connectivity index (χ0n) is 16.3. The molecule has 0 radical (unpaired) electrons. The summed E-state index contributed by atoms with van der Waals surface area (Å²) in [4.78, 5) is 47.2. The number of nitrogens with one attached hydrogen (secondary N) is 3. The molecular formula is C17H33N5O5. The zero-order valence-corrected chi connectivity index (χ0v) is 16.3. The Morgan fingerprint density at radius 1 is 1.00 bits per heavy atom. The van der Waals surface area contributed by atoms with Crippen LogP contribution in [0.15, 0.2) is 0 Å². The Hall–Kier alpha value is -2.20. The third kappa shape index (κ3) is 9.90. The van der Waals surface area contributed by atoms with Crippen molar-refractivity contribution in [2.45, 2.75) is 64.6 Å². The standard InChI is InChI=1S/C17H33N5O5/c1-4-10(2)14(17(27)20-9-13(23)24)22-15(25)11(3)21-16(26)12(19)7-5-6-8-18/h10-12,14H,4-9,18-19H2,1-3H3,(H,20,27)(H,21,26)(H,22,25)(H,23,24). The van der Waals surface area contributed by atoms with E-state index in [0.29, 0.717) is 25.8 Å². The number of carbonyl (C=O) groups excluding carboxylic acids is 3. The zero-order chi connectivity index (χ0) is 21.0. The Bertz CT molecular complexity index is 514. The van der Waals surface area contributed by atoms with Crippen molar-refractivity contribution in [3.63, 3.8) is 0 Å². The molecule has 10 heteroatoms. The number of hydrogen-bond acceptors (Lipinski definition) is 6. The van der Waals surface area contributed by atoms with Gasteiger partial charge in [-0.05, 0) is 32.2 Å². The van der Waals surface area contributed by atoms with Crippen molar-refractivity contribution in [1.29, 1.82) is 0 Å². The average Bonchev–Trinajstić information content (AvgIpc) is 2.62. The maximum absolute atomic E-state index is 12.4. The minimum atomic E-state index is -1.18. The van der Waals surface area contributed by atoms with Crippen molar-refractivity contribution in [1.82, 2.24) is 16.0 Å². The van der Waals surface area contributed by atoms with E-state index in [9.17, 15) is 19.2 Å². The molecule has 4 unspecified atom stereocenters. The molecular weight excluding hydrogens is 354 g/mol. The van der Waals surface area contributed by atoms with Gasteiger partial charge in [-0.1, -0.05) is 26.7 Å². The fourth-order valence-electron chi connectivity index (χ4n) is 2.28. The molecule has 0 aromatic carbocycles. The van der Waals surface area contributed by atoms with Gasteiger partial charge in [0.1, 0.15) is 18.6 Å². The van der Waals surface area contributed by atoms with Gasteiger partial charge in [-0.25, -0.2) is 0 Å². The van der Waals surface area contributed by atoms with Gasteiger partial charge in [-0.15, -0.1) is 0 Å². The number of aliphatic carboxylic acids is 1. The van der Waals surface area contributed by atoms with E-state index in [4.69, 9.17) is 16.6 Å². The first-order chi connectivity index (χ1) is 12.6. The van der Waals surface area contributed by atoms with Gasteiger partial charge in [0.25, 0.3) is 0 Å².